The van der Waals surface area contributed by atoms with Gasteiger partial charge in [0, 0.05) is 18.2 Å². The monoisotopic (exact) mass is 214 g/mol. The SMILES string of the molecule is CCOCC(NC)C(C)(C)N1CCCC1. The second kappa shape index (κ2) is 5.83. The first kappa shape index (κ1) is 12.9. The quantitative estimate of drug-likeness (QED) is 0.725. The molecule has 0 bridgehead atoms. The van der Waals surface area contributed by atoms with Crippen LogP contribution >= 0.6 is 0 Å². The van der Waals surface area contributed by atoms with Crippen LogP contribution in [-0.4, -0.2) is 49.8 Å². The molecule has 0 aromatic rings. The molecule has 90 valence electrons. The van der Waals surface area contributed by atoms with Gasteiger partial charge in [-0.3, -0.25) is 4.90 Å². The van der Waals surface area contributed by atoms with Gasteiger partial charge in [0.1, 0.15) is 0 Å². The van der Waals surface area contributed by atoms with Crippen LogP contribution in [0.4, 0.5) is 0 Å². The second-order valence-electron chi connectivity index (χ2n) is 4.85. The molecule has 15 heavy (non-hydrogen) atoms. The van der Waals surface area contributed by atoms with E-state index < -0.39 is 0 Å². The van der Waals surface area contributed by atoms with Gasteiger partial charge in [-0.2, -0.15) is 0 Å². The van der Waals surface area contributed by atoms with Gasteiger partial charge in [-0.25, -0.2) is 0 Å². The zero-order chi connectivity index (χ0) is 11.3. The topological polar surface area (TPSA) is 24.5 Å². The van der Waals surface area contributed by atoms with E-state index in [-0.39, 0.29) is 5.54 Å². The minimum absolute atomic E-state index is 0.195. The summed E-state index contributed by atoms with van der Waals surface area (Å²) in [6.45, 7) is 10.8. The van der Waals surface area contributed by atoms with Gasteiger partial charge in [0.25, 0.3) is 0 Å². The number of rotatable bonds is 6. The maximum Gasteiger partial charge on any atom is 0.0637 e. The molecule has 0 amide bonds. The molecule has 1 saturated heterocycles. The van der Waals surface area contributed by atoms with Crippen LogP contribution in [0.3, 0.4) is 0 Å². The highest BCUT2D eigenvalue weighted by atomic mass is 16.5. The summed E-state index contributed by atoms with van der Waals surface area (Å²) in [6, 6.07) is 0.413. The summed E-state index contributed by atoms with van der Waals surface area (Å²) in [7, 11) is 2.03. The van der Waals surface area contributed by atoms with Crippen molar-refractivity contribution in [3.8, 4) is 0 Å². The summed E-state index contributed by atoms with van der Waals surface area (Å²) in [4.78, 5) is 2.58. The fourth-order valence-corrected chi connectivity index (χ4v) is 2.39. The summed E-state index contributed by atoms with van der Waals surface area (Å²) in [5, 5.41) is 3.39. The van der Waals surface area contributed by atoms with E-state index in [1.807, 2.05) is 7.05 Å². The summed E-state index contributed by atoms with van der Waals surface area (Å²) >= 11 is 0. The minimum Gasteiger partial charge on any atom is -0.380 e. The number of hydrogen-bond donors (Lipinski definition) is 1. The Balaban J connectivity index is 2.54. The molecular formula is C12H26N2O. The minimum atomic E-state index is 0.195. The van der Waals surface area contributed by atoms with E-state index in [2.05, 4.69) is 31.0 Å². The maximum absolute atomic E-state index is 5.54. The Morgan fingerprint density at radius 3 is 2.40 bits per heavy atom. The van der Waals surface area contributed by atoms with Crippen LogP contribution in [-0.2, 0) is 4.74 Å². The van der Waals surface area contributed by atoms with Gasteiger partial charge in [-0.1, -0.05) is 0 Å². The lowest BCUT2D eigenvalue weighted by molar-refractivity contribution is 0.0438. The Kier molecular flexibility index (Phi) is 5.03. The highest BCUT2D eigenvalue weighted by Gasteiger charge is 2.35. The second-order valence-corrected chi connectivity index (χ2v) is 4.85. The third-order valence-electron chi connectivity index (χ3n) is 3.61. The molecule has 1 fully saturated rings. The summed E-state index contributed by atoms with van der Waals surface area (Å²) < 4.78 is 5.54. The lowest BCUT2D eigenvalue weighted by Gasteiger charge is -2.41. The van der Waals surface area contributed by atoms with Crippen molar-refractivity contribution in [2.45, 2.75) is 45.2 Å². The maximum atomic E-state index is 5.54. The summed E-state index contributed by atoms with van der Waals surface area (Å²) in [6.07, 6.45) is 2.68. The first-order chi connectivity index (χ1) is 7.12. The number of hydrogen-bond acceptors (Lipinski definition) is 3. The third kappa shape index (κ3) is 3.16. The summed E-state index contributed by atoms with van der Waals surface area (Å²) in [5.74, 6) is 0. The van der Waals surface area contributed by atoms with E-state index >= 15 is 0 Å². The van der Waals surface area contributed by atoms with Crippen LogP contribution < -0.4 is 5.32 Å². The lowest BCUT2D eigenvalue weighted by atomic mass is 9.93. The molecule has 1 N–H and O–H groups in total. The summed E-state index contributed by atoms with van der Waals surface area (Å²) in [5.41, 5.74) is 0.195. The predicted octanol–water partition coefficient (Wildman–Crippen LogP) is 1.49. The average Bonchev–Trinajstić information content (AvgIpc) is 2.72. The van der Waals surface area contributed by atoms with E-state index in [0.717, 1.165) is 13.2 Å². The fraction of sp³-hybridized carbons (Fsp3) is 1.00. The molecule has 1 heterocycles. The van der Waals surface area contributed by atoms with Crippen molar-refractivity contribution in [2.75, 3.05) is 33.4 Å². The van der Waals surface area contributed by atoms with Crippen molar-refractivity contribution >= 4 is 0 Å². The molecule has 0 aliphatic carbocycles. The van der Waals surface area contributed by atoms with Gasteiger partial charge < -0.3 is 10.1 Å². The Morgan fingerprint density at radius 2 is 1.93 bits per heavy atom. The number of likely N-dealkylation sites (tertiary alicyclic amines) is 1. The Bertz CT molecular complexity index is 176. The van der Waals surface area contributed by atoms with Crippen LogP contribution in [0, 0.1) is 0 Å². The lowest BCUT2D eigenvalue weighted by Crippen LogP contribution is -2.58. The molecular weight excluding hydrogens is 188 g/mol. The Morgan fingerprint density at radius 1 is 1.33 bits per heavy atom. The fourth-order valence-electron chi connectivity index (χ4n) is 2.39. The van der Waals surface area contributed by atoms with Gasteiger partial charge in [0.05, 0.1) is 6.61 Å². The molecule has 3 heteroatoms. The van der Waals surface area contributed by atoms with E-state index in [0.29, 0.717) is 6.04 Å². The number of likely N-dealkylation sites (N-methyl/N-ethyl adjacent to an activating group) is 1. The molecule has 0 spiro atoms. The number of nitrogens with one attached hydrogen (secondary N) is 1. The van der Waals surface area contributed by atoms with Gasteiger partial charge in [0.2, 0.25) is 0 Å². The standard InChI is InChI=1S/C12H26N2O/c1-5-15-10-11(13-4)12(2,3)14-8-6-7-9-14/h11,13H,5-10H2,1-4H3. The molecule has 0 saturated carbocycles. The molecule has 1 aliphatic heterocycles. The van der Waals surface area contributed by atoms with Gasteiger partial charge >= 0.3 is 0 Å². The van der Waals surface area contributed by atoms with Crippen LogP contribution in [0.1, 0.15) is 33.6 Å². The molecule has 0 radical (unpaired) electrons. The van der Waals surface area contributed by atoms with Crippen LogP contribution in [0.5, 0.6) is 0 Å². The van der Waals surface area contributed by atoms with Gasteiger partial charge in [-0.05, 0) is 53.8 Å². The Labute approximate surface area is 94.2 Å². The molecule has 1 aliphatic rings. The number of nitrogens with zero attached hydrogens (tertiary/aromatic N) is 1. The normalized spacial score (nSPS) is 20.8. The smallest absolute Gasteiger partial charge is 0.0637 e. The van der Waals surface area contributed by atoms with Crippen molar-refractivity contribution < 1.29 is 4.74 Å². The van der Waals surface area contributed by atoms with Crippen molar-refractivity contribution in [2.24, 2.45) is 0 Å². The highest BCUT2D eigenvalue weighted by Crippen LogP contribution is 2.24. The largest absolute Gasteiger partial charge is 0.380 e. The van der Waals surface area contributed by atoms with Crippen LogP contribution in [0.25, 0.3) is 0 Å². The van der Waals surface area contributed by atoms with Crippen LogP contribution in [0.2, 0.25) is 0 Å². The highest BCUT2D eigenvalue weighted by molar-refractivity contribution is 4.94. The molecule has 1 unspecified atom stereocenters. The van der Waals surface area contributed by atoms with E-state index in [1.165, 1.54) is 25.9 Å². The molecule has 0 aromatic carbocycles. The zero-order valence-electron chi connectivity index (χ0n) is 10.7. The number of ether oxygens (including phenoxy) is 1. The van der Waals surface area contributed by atoms with Crippen molar-refractivity contribution in [3.63, 3.8) is 0 Å². The van der Waals surface area contributed by atoms with E-state index in [1.54, 1.807) is 0 Å². The van der Waals surface area contributed by atoms with E-state index in [4.69, 9.17) is 4.74 Å². The third-order valence-corrected chi connectivity index (χ3v) is 3.61. The van der Waals surface area contributed by atoms with Crippen molar-refractivity contribution in [3.05, 3.63) is 0 Å². The average molecular weight is 214 g/mol. The first-order valence-corrected chi connectivity index (χ1v) is 6.13. The van der Waals surface area contributed by atoms with E-state index in [9.17, 15) is 0 Å². The zero-order valence-corrected chi connectivity index (χ0v) is 10.7. The van der Waals surface area contributed by atoms with Crippen LogP contribution in [0.15, 0.2) is 0 Å². The predicted molar refractivity (Wildman–Crippen MR) is 64.2 cm³/mol. The van der Waals surface area contributed by atoms with Crippen molar-refractivity contribution in [1.29, 1.82) is 0 Å². The first-order valence-electron chi connectivity index (χ1n) is 6.13. The molecule has 0 aromatic heterocycles. The van der Waals surface area contributed by atoms with Gasteiger partial charge in [0.15, 0.2) is 0 Å². The molecule has 3 nitrogen and oxygen atoms in total. The van der Waals surface area contributed by atoms with Gasteiger partial charge in [-0.15, -0.1) is 0 Å². The molecule has 1 atom stereocenters. The van der Waals surface area contributed by atoms with Crippen molar-refractivity contribution in [1.82, 2.24) is 10.2 Å². The Hall–Kier alpha value is -0.120. The molecule has 1 rings (SSSR count).